The lowest BCUT2D eigenvalue weighted by Gasteiger charge is -2.15. The largest absolute Gasteiger partial charge is 0.480 e. The molecule has 1 rings (SSSR count). The normalized spacial score (nSPS) is 11.7. The number of carboxylic acids is 1. The SMILES string of the molecule is CCCC[C@H](NC(=O)Nc1cccnc1C)C(=O)O. The molecule has 0 fully saturated rings. The number of aryl methyl sites for hydroxylation is 1. The maximum atomic E-state index is 11.7. The summed E-state index contributed by atoms with van der Waals surface area (Å²) in [4.78, 5) is 26.8. The van der Waals surface area contributed by atoms with E-state index in [1.807, 2.05) is 6.92 Å². The Morgan fingerprint density at radius 3 is 2.79 bits per heavy atom. The van der Waals surface area contributed by atoms with Gasteiger partial charge in [0.25, 0.3) is 0 Å². The van der Waals surface area contributed by atoms with Gasteiger partial charge in [0.2, 0.25) is 0 Å². The molecule has 19 heavy (non-hydrogen) atoms. The van der Waals surface area contributed by atoms with Crippen molar-refractivity contribution in [3.63, 3.8) is 0 Å². The van der Waals surface area contributed by atoms with Gasteiger partial charge in [0.05, 0.1) is 11.4 Å². The second-order valence-electron chi connectivity index (χ2n) is 4.27. The Balaban J connectivity index is 2.58. The summed E-state index contributed by atoms with van der Waals surface area (Å²) in [5, 5.41) is 14.1. The Labute approximate surface area is 112 Å². The summed E-state index contributed by atoms with van der Waals surface area (Å²) in [7, 11) is 0. The molecule has 0 aliphatic heterocycles. The molecule has 0 aliphatic carbocycles. The summed E-state index contributed by atoms with van der Waals surface area (Å²) < 4.78 is 0. The van der Waals surface area contributed by atoms with Crippen molar-refractivity contribution in [1.82, 2.24) is 10.3 Å². The molecule has 6 nitrogen and oxygen atoms in total. The number of urea groups is 1. The van der Waals surface area contributed by atoms with E-state index in [0.717, 1.165) is 12.8 Å². The summed E-state index contributed by atoms with van der Waals surface area (Å²) in [6, 6.07) is 2.02. The minimum atomic E-state index is -1.02. The highest BCUT2D eigenvalue weighted by molar-refractivity contribution is 5.92. The van der Waals surface area contributed by atoms with Gasteiger partial charge >= 0.3 is 12.0 Å². The molecule has 0 saturated carbocycles. The molecule has 0 spiro atoms. The average Bonchev–Trinajstić information content (AvgIpc) is 2.37. The van der Waals surface area contributed by atoms with Crippen molar-refractivity contribution >= 4 is 17.7 Å². The zero-order valence-electron chi connectivity index (χ0n) is 11.1. The molecule has 1 atom stereocenters. The van der Waals surface area contributed by atoms with Crippen molar-refractivity contribution in [3.05, 3.63) is 24.0 Å². The first-order valence-electron chi connectivity index (χ1n) is 6.26. The second-order valence-corrected chi connectivity index (χ2v) is 4.27. The Hall–Kier alpha value is -2.11. The lowest BCUT2D eigenvalue weighted by Crippen LogP contribution is -2.43. The predicted octanol–water partition coefficient (Wildman–Crippen LogP) is 2.15. The quantitative estimate of drug-likeness (QED) is 0.735. The Morgan fingerprint density at radius 1 is 1.47 bits per heavy atom. The van der Waals surface area contributed by atoms with Crippen molar-refractivity contribution in [2.45, 2.75) is 39.2 Å². The Bertz CT molecular complexity index is 449. The van der Waals surface area contributed by atoms with E-state index in [-0.39, 0.29) is 0 Å². The molecule has 0 unspecified atom stereocenters. The van der Waals surface area contributed by atoms with Crippen LogP contribution in [0.2, 0.25) is 0 Å². The molecule has 1 aromatic heterocycles. The maximum Gasteiger partial charge on any atom is 0.326 e. The fourth-order valence-electron chi connectivity index (χ4n) is 1.60. The zero-order valence-corrected chi connectivity index (χ0v) is 11.1. The zero-order chi connectivity index (χ0) is 14.3. The first-order chi connectivity index (χ1) is 9.04. The van der Waals surface area contributed by atoms with Crippen LogP contribution in [-0.2, 0) is 4.79 Å². The highest BCUT2D eigenvalue weighted by Crippen LogP contribution is 2.10. The van der Waals surface area contributed by atoms with E-state index in [1.165, 1.54) is 0 Å². The number of nitrogens with one attached hydrogen (secondary N) is 2. The van der Waals surface area contributed by atoms with Crippen LogP contribution in [0.4, 0.5) is 10.5 Å². The van der Waals surface area contributed by atoms with Crippen LogP contribution in [0.15, 0.2) is 18.3 Å². The summed E-state index contributed by atoms with van der Waals surface area (Å²) in [5.74, 6) is -1.02. The Kier molecular flexibility index (Phi) is 5.78. The predicted molar refractivity (Wildman–Crippen MR) is 72.1 cm³/mol. The minimum absolute atomic E-state index is 0.422. The first kappa shape index (κ1) is 14.9. The van der Waals surface area contributed by atoms with Gasteiger partial charge in [-0.1, -0.05) is 19.8 Å². The van der Waals surface area contributed by atoms with Crippen LogP contribution in [0.3, 0.4) is 0 Å². The average molecular weight is 265 g/mol. The van der Waals surface area contributed by atoms with Crippen molar-refractivity contribution in [1.29, 1.82) is 0 Å². The highest BCUT2D eigenvalue weighted by atomic mass is 16.4. The summed E-state index contributed by atoms with van der Waals surface area (Å²) in [6.07, 6.45) is 3.68. The summed E-state index contributed by atoms with van der Waals surface area (Å²) in [6.45, 7) is 3.74. The van der Waals surface area contributed by atoms with Gasteiger partial charge < -0.3 is 15.7 Å². The first-order valence-corrected chi connectivity index (χ1v) is 6.26. The van der Waals surface area contributed by atoms with Gasteiger partial charge in [-0.15, -0.1) is 0 Å². The van der Waals surface area contributed by atoms with Gasteiger partial charge in [0.1, 0.15) is 6.04 Å². The monoisotopic (exact) mass is 265 g/mol. The smallest absolute Gasteiger partial charge is 0.326 e. The molecule has 3 N–H and O–H groups in total. The Morgan fingerprint density at radius 2 is 2.21 bits per heavy atom. The molecule has 0 aromatic carbocycles. The van der Waals surface area contributed by atoms with Gasteiger partial charge in [0.15, 0.2) is 0 Å². The van der Waals surface area contributed by atoms with E-state index in [2.05, 4.69) is 15.6 Å². The summed E-state index contributed by atoms with van der Waals surface area (Å²) in [5.41, 5.74) is 1.25. The highest BCUT2D eigenvalue weighted by Gasteiger charge is 2.19. The van der Waals surface area contributed by atoms with Crippen molar-refractivity contribution in [2.75, 3.05) is 5.32 Å². The molecule has 0 aliphatic rings. The second kappa shape index (κ2) is 7.35. The molecule has 0 radical (unpaired) electrons. The van der Waals surface area contributed by atoms with E-state index in [9.17, 15) is 9.59 Å². The van der Waals surface area contributed by atoms with Crippen LogP contribution in [0.25, 0.3) is 0 Å². The number of pyridine rings is 1. The number of nitrogens with zero attached hydrogens (tertiary/aromatic N) is 1. The number of carbonyl (C=O) groups is 2. The molecule has 104 valence electrons. The molecular formula is C13H19N3O3. The minimum Gasteiger partial charge on any atom is -0.480 e. The van der Waals surface area contributed by atoms with Crippen LogP contribution in [-0.4, -0.2) is 28.1 Å². The molecule has 2 amide bonds. The molecule has 1 heterocycles. The summed E-state index contributed by atoms with van der Waals surface area (Å²) >= 11 is 0. The maximum absolute atomic E-state index is 11.7. The van der Waals surface area contributed by atoms with E-state index in [0.29, 0.717) is 17.8 Å². The molecule has 6 heteroatoms. The molecule has 0 bridgehead atoms. The fraction of sp³-hybridized carbons (Fsp3) is 0.462. The van der Waals surface area contributed by atoms with E-state index in [1.54, 1.807) is 25.3 Å². The van der Waals surface area contributed by atoms with Gasteiger partial charge in [-0.05, 0) is 25.5 Å². The number of aromatic nitrogens is 1. The molecular weight excluding hydrogens is 246 g/mol. The third-order valence-electron chi connectivity index (χ3n) is 2.70. The van der Waals surface area contributed by atoms with Crippen LogP contribution in [0.5, 0.6) is 0 Å². The number of unbranched alkanes of at least 4 members (excludes halogenated alkanes) is 1. The number of carbonyl (C=O) groups excluding carboxylic acids is 1. The van der Waals surface area contributed by atoms with Crippen molar-refractivity contribution in [3.8, 4) is 0 Å². The molecule has 0 saturated heterocycles. The van der Waals surface area contributed by atoms with Crippen LogP contribution < -0.4 is 10.6 Å². The number of rotatable bonds is 6. The van der Waals surface area contributed by atoms with Crippen molar-refractivity contribution < 1.29 is 14.7 Å². The lowest BCUT2D eigenvalue weighted by atomic mass is 10.1. The number of hydrogen-bond acceptors (Lipinski definition) is 3. The van der Waals surface area contributed by atoms with Crippen molar-refractivity contribution in [2.24, 2.45) is 0 Å². The van der Waals surface area contributed by atoms with Gasteiger partial charge in [-0.2, -0.15) is 0 Å². The number of anilines is 1. The fourth-order valence-corrected chi connectivity index (χ4v) is 1.60. The number of carboxylic acid groups (broad SMARTS) is 1. The van der Waals surface area contributed by atoms with E-state index in [4.69, 9.17) is 5.11 Å². The number of amides is 2. The third kappa shape index (κ3) is 4.95. The standard InChI is InChI=1S/C13H19N3O3/c1-3-4-6-11(12(17)18)16-13(19)15-10-7-5-8-14-9(10)2/h5,7-8,11H,3-4,6H2,1-2H3,(H,17,18)(H2,15,16,19)/t11-/m0/s1. The number of hydrogen-bond donors (Lipinski definition) is 3. The lowest BCUT2D eigenvalue weighted by molar-refractivity contribution is -0.139. The van der Waals surface area contributed by atoms with Gasteiger partial charge in [-0.3, -0.25) is 4.98 Å². The van der Waals surface area contributed by atoms with Crippen LogP contribution >= 0.6 is 0 Å². The van der Waals surface area contributed by atoms with Gasteiger partial charge in [-0.25, -0.2) is 9.59 Å². The third-order valence-corrected chi connectivity index (χ3v) is 2.70. The van der Waals surface area contributed by atoms with Crippen LogP contribution in [0.1, 0.15) is 31.9 Å². The topological polar surface area (TPSA) is 91.3 Å². The number of aliphatic carboxylic acids is 1. The van der Waals surface area contributed by atoms with Crippen LogP contribution in [0, 0.1) is 6.92 Å². The van der Waals surface area contributed by atoms with Gasteiger partial charge in [0, 0.05) is 6.20 Å². The van der Waals surface area contributed by atoms with E-state index >= 15 is 0 Å². The van der Waals surface area contributed by atoms with E-state index < -0.39 is 18.0 Å². The molecule has 1 aromatic rings.